The van der Waals surface area contributed by atoms with E-state index in [2.05, 4.69) is 15.2 Å². The van der Waals surface area contributed by atoms with Gasteiger partial charge in [0.05, 0.1) is 22.5 Å². The first-order valence-electron chi connectivity index (χ1n) is 11.8. The van der Waals surface area contributed by atoms with Gasteiger partial charge < -0.3 is 10.2 Å². The van der Waals surface area contributed by atoms with Gasteiger partial charge in [0.1, 0.15) is 0 Å². The number of aromatic nitrogens is 5. The summed E-state index contributed by atoms with van der Waals surface area (Å²) in [5, 5.41) is 25.7. The van der Waals surface area contributed by atoms with Crippen molar-refractivity contribution < 1.29 is 39.3 Å². The average Bonchev–Trinajstić information content (AvgIpc) is 3.44. The third-order valence-electron chi connectivity index (χ3n) is 5.21. The number of nitrogens with zero attached hydrogens (tertiary/aromatic N) is 5. The molecular weight excluding hydrogens is 548 g/mol. The van der Waals surface area contributed by atoms with Crippen LogP contribution in [-0.4, -0.2) is 46.7 Å². The van der Waals surface area contributed by atoms with E-state index < -0.39 is 11.9 Å². The Morgan fingerprint density at radius 1 is 0.590 bits per heavy atom. The van der Waals surface area contributed by atoms with Gasteiger partial charge in [-0.05, 0) is 76.2 Å². The van der Waals surface area contributed by atoms with E-state index in [0.29, 0.717) is 11.1 Å². The molecule has 10 heteroatoms. The van der Waals surface area contributed by atoms with Crippen molar-refractivity contribution in [2.24, 2.45) is 0 Å². The zero-order valence-electron chi connectivity index (χ0n) is 22.3. The van der Waals surface area contributed by atoms with Crippen molar-refractivity contribution in [3.63, 3.8) is 0 Å². The fourth-order valence-electron chi connectivity index (χ4n) is 3.53. The molecule has 3 aromatic heterocycles. The van der Waals surface area contributed by atoms with Gasteiger partial charge in [0.25, 0.3) is 0 Å². The number of hydrogen-bond donors (Lipinski definition) is 2. The first kappa shape index (κ1) is 30.8. The summed E-state index contributed by atoms with van der Waals surface area (Å²) in [6.45, 7) is 8.01. The number of rotatable bonds is 4. The molecule has 0 aliphatic carbocycles. The van der Waals surface area contributed by atoms with E-state index in [4.69, 9.17) is 10.2 Å². The Morgan fingerprint density at radius 3 is 1.21 bits per heavy atom. The summed E-state index contributed by atoms with van der Waals surface area (Å²) in [7, 11) is 0. The van der Waals surface area contributed by atoms with Crippen molar-refractivity contribution in [3.05, 3.63) is 125 Å². The van der Waals surface area contributed by atoms with E-state index in [-0.39, 0.29) is 19.5 Å². The zero-order chi connectivity index (χ0) is 27.7. The van der Waals surface area contributed by atoms with Gasteiger partial charge in [-0.25, -0.2) is 23.9 Å². The van der Waals surface area contributed by atoms with Crippen molar-refractivity contribution in [2.75, 3.05) is 0 Å². The van der Waals surface area contributed by atoms with Crippen LogP contribution in [0.25, 0.3) is 11.6 Å². The largest absolute Gasteiger partial charge is 0.478 e. The summed E-state index contributed by atoms with van der Waals surface area (Å²) < 4.78 is 3.70. The fourth-order valence-corrected chi connectivity index (χ4v) is 3.53. The Kier molecular flexibility index (Phi) is 11.4. The number of benzene rings is 2. The molecule has 0 amide bonds. The van der Waals surface area contributed by atoms with Gasteiger partial charge >= 0.3 is 11.9 Å². The van der Waals surface area contributed by atoms with Gasteiger partial charge in [0.2, 0.25) is 0 Å². The second-order valence-electron chi connectivity index (χ2n) is 8.37. The van der Waals surface area contributed by atoms with Crippen LogP contribution < -0.4 is 0 Å². The summed E-state index contributed by atoms with van der Waals surface area (Å²) in [6.07, 6.45) is 0. The maximum Gasteiger partial charge on any atom is 0.335 e. The van der Waals surface area contributed by atoms with E-state index in [1.165, 1.54) is 0 Å². The van der Waals surface area contributed by atoms with Crippen LogP contribution in [0.15, 0.2) is 91.0 Å². The minimum Gasteiger partial charge on any atom is -0.478 e. The van der Waals surface area contributed by atoms with Crippen LogP contribution in [0.2, 0.25) is 0 Å². The summed E-state index contributed by atoms with van der Waals surface area (Å²) in [5.41, 5.74) is 4.78. The van der Waals surface area contributed by atoms with Gasteiger partial charge in [-0.15, -0.1) is 0 Å². The predicted octanol–water partition coefficient (Wildman–Crippen LogP) is 5.45. The number of aryl methyl sites for hydroxylation is 4. The molecule has 2 aromatic carbocycles. The quantitative estimate of drug-likeness (QED) is 0.273. The molecule has 0 aliphatic rings. The number of carboxylic acid groups (broad SMARTS) is 2. The third-order valence-corrected chi connectivity index (χ3v) is 5.21. The monoisotopic (exact) mass is 575 g/mol. The van der Waals surface area contributed by atoms with E-state index in [1.54, 1.807) is 60.7 Å². The van der Waals surface area contributed by atoms with Crippen molar-refractivity contribution in [2.45, 2.75) is 27.7 Å². The van der Waals surface area contributed by atoms with Crippen LogP contribution in [-0.2, 0) is 19.5 Å². The molecule has 0 fully saturated rings. The molecule has 196 valence electrons. The SMILES string of the molecule is Cc1cc(C)n(-c2cccc(-n3nc(C)cc3C)n2)n1.O=C(O)c1ccccc1.O=C(O)c1ccccc1.[Zn]. The standard InChI is InChI=1S/C15H17N5.2C7H6O2.Zn/c1-10-8-12(3)19(17-10)14-6-5-7-15(16-14)20-13(4)9-11(2)18-20;2*8-7(9)6-4-2-1-3-5-6;/h5-9H,1-4H3;2*1-5H,(H,8,9);. The van der Waals surface area contributed by atoms with Crippen LogP contribution in [0.4, 0.5) is 0 Å². The molecule has 0 aliphatic heterocycles. The Balaban J connectivity index is 0.000000234. The molecule has 2 N–H and O–H groups in total. The molecular formula is C29H29N5O4Zn. The average molecular weight is 577 g/mol. The van der Waals surface area contributed by atoms with Gasteiger partial charge in [-0.2, -0.15) is 10.2 Å². The van der Waals surface area contributed by atoms with E-state index in [0.717, 1.165) is 34.4 Å². The number of hydrogen-bond acceptors (Lipinski definition) is 5. The Labute approximate surface area is 239 Å². The molecule has 39 heavy (non-hydrogen) atoms. The summed E-state index contributed by atoms with van der Waals surface area (Å²) >= 11 is 0. The third kappa shape index (κ3) is 8.83. The van der Waals surface area contributed by atoms with E-state index >= 15 is 0 Å². The number of aromatic carboxylic acids is 2. The van der Waals surface area contributed by atoms with Crippen molar-refractivity contribution in [3.8, 4) is 11.6 Å². The molecule has 0 unspecified atom stereocenters. The summed E-state index contributed by atoms with van der Waals surface area (Å²) in [5.74, 6) is -0.146. The molecule has 0 radical (unpaired) electrons. The Morgan fingerprint density at radius 2 is 0.949 bits per heavy atom. The van der Waals surface area contributed by atoms with Crippen LogP contribution in [0.1, 0.15) is 43.5 Å². The van der Waals surface area contributed by atoms with Gasteiger partial charge in [0, 0.05) is 30.9 Å². The normalized spacial score (nSPS) is 9.74. The van der Waals surface area contributed by atoms with Gasteiger partial charge in [-0.3, -0.25) is 0 Å². The van der Waals surface area contributed by atoms with Gasteiger partial charge in [0.15, 0.2) is 11.6 Å². The molecule has 0 atom stereocenters. The number of carboxylic acids is 2. The van der Waals surface area contributed by atoms with E-state index in [9.17, 15) is 9.59 Å². The van der Waals surface area contributed by atoms with E-state index in [1.807, 2.05) is 67.4 Å². The molecule has 0 spiro atoms. The smallest absolute Gasteiger partial charge is 0.335 e. The van der Waals surface area contributed by atoms with Crippen molar-refractivity contribution in [1.29, 1.82) is 0 Å². The molecule has 0 bridgehead atoms. The molecule has 9 nitrogen and oxygen atoms in total. The minimum absolute atomic E-state index is 0. The Bertz CT molecular complexity index is 1400. The molecule has 0 saturated carbocycles. The predicted molar refractivity (Wildman–Crippen MR) is 144 cm³/mol. The first-order valence-corrected chi connectivity index (χ1v) is 11.8. The number of carbonyl (C=O) groups is 2. The van der Waals surface area contributed by atoms with Crippen LogP contribution in [0, 0.1) is 27.7 Å². The second-order valence-corrected chi connectivity index (χ2v) is 8.37. The Hall–Kier alpha value is -4.43. The van der Waals surface area contributed by atoms with Gasteiger partial charge in [-0.1, -0.05) is 42.5 Å². The summed E-state index contributed by atoms with van der Waals surface area (Å²) in [4.78, 5) is 25.1. The van der Waals surface area contributed by atoms with Crippen molar-refractivity contribution >= 4 is 11.9 Å². The minimum atomic E-state index is -0.879. The van der Waals surface area contributed by atoms with Crippen LogP contribution >= 0.6 is 0 Å². The summed E-state index contributed by atoms with van der Waals surface area (Å²) in [6, 6.07) is 26.6. The van der Waals surface area contributed by atoms with Crippen LogP contribution in [0.3, 0.4) is 0 Å². The van der Waals surface area contributed by atoms with Crippen LogP contribution in [0.5, 0.6) is 0 Å². The molecule has 5 rings (SSSR count). The number of pyridine rings is 1. The molecule has 0 saturated heterocycles. The fraction of sp³-hybridized carbons (Fsp3) is 0.138. The first-order chi connectivity index (χ1) is 18.2. The zero-order valence-corrected chi connectivity index (χ0v) is 25.3. The van der Waals surface area contributed by atoms with Crippen molar-refractivity contribution in [1.82, 2.24) is 24.5 Å². The molecule has 3 heterocycles. The molecule has 5 aromatic rings. The second kappa shape index (κ2) is 14.5. The maximum atomic E-state index is 10.2. The maximum absolute atomic E-state index is 10.2. The topological polar surface area (TPSA) is 123 Å².